The lowest BCUT2D eigenvalue weighted by Crippen LogP contribution is -2.18. The molecule has 5 heteroatoms. The van der Waals surface area contributed by atoms with E-state index in [0.29, 0.717) is 25.6 Å². The van der Waals surface area contributed by atoms with Crippen LogP contribution in [0.5, 0.6) is 11.5 Å². The van der Waals surface area contributed by atoms with Gasteiger partial charge in [0.25, 0.3) is 0 Å². The summed E-state index contributed by atoms with van der Waals surface area (Å²) in [5.41, 5.74) is 1.89. The van der Waals surface area contributed by atoms with E-state index in [4.69, 9.17) is 20.1 Å². The number of rotatable bonds is 4. The Hall–Kier alpha value is -1.30. The van der Waals surface area contributed by atoms with E-state index in [9.17, 15) is 0 Å². The summed E-state index contributed by atoms with van der Waals surface area (Å²) in [6, 6.07) is 3.81. The number of benzene rings is 1. The Morgan fingerprint density at radius 2 is 2.06 bits per heavy atom. The fraction of sp³-hybridized carbons (Fsp3) is 0.455. The number of hydrogen-bond acceptors (Lipinski definition) is 5. The van der Waals surface area contributed by atoms with Crippen LogP contribution in [0.2, 0.25) is 0 Å². The Kier molecular flexibility index (Phi) is 3.61. The van der Waals surface area contributed by atoms with Gasteiger partial charge in [0.05, 0.1) is 13.2 Å². The molecule has 1 aliphatic rings. The Morgan fingerprint density at radius 1 is 1.25 bits per heavy atom. The fourth-order valence-corrected chi connectivity index (χ4v) is 1.75. The van der Waals surface area contributed by atoms with Crippen LogP contribution in [0.4, 0.5) is 0 Å². The van der Waals surface area contributed by atoms with Gasteiger partial charge in [0.2, 0.25) is 0 Å². The molecule has 0 spiro atoms. The van der Waals surface area contributed by atoms with Gasteiger partial charge in [0.15, 0.2) is 11.5 Å². The minimum Gasteiger partial charge on any atom is -0.486 e. The van der Waals surface area contributed by atoms with Crippen LogP contribution < -0.4 is 15.4 Å². The summed E-state index contributed by atoms with van der Waals surface area (Å²) >= 11 is 0. The topological polar surface area (TPSA) is 62.9 Å². The number of methoxy groups -OCH3 is 1. The van der Waals surface area contributed by atoms with Crippen LogP contribution in [0, 0.1) is 0 Å². The van der Waals surface area contributed by atoms with Crippen molar-refractivity contribution in [3.8, 4) is 11.5 Å². The van der Waals surface area contributed by atoms with E-state index in [-0.39, 0.29) is 6.61 Å². The van der Waals surface area contributed by atoms with Gasteiger partial charge in [-0.15, -0.1) is 0 Å². The summed E-state index contributed by atoms with van der Waals surface area (Å²) in [6.07, 6.45) is 0. The number of nitrogens with two attached hydrogens (primary N) is 1. The third-order valence-corrected chi connectivity index (χ3v) is 2.44. The van der Waals surface area contributed by atoms with Crippen molar-refractivity contribution in [2.45, 2.75) is 13.2 Å². The molecule has 0 radical (unpaired) electrons. The maximum atomic E-state index is 5.58. The molecule has 0 aliphatic carbocycles. The molecular weight excluding hydrogens is 210 g/mol. The zero-order valence-corrected chi connectivity index (χ0v) is 9.19. The molecule has 0 fully saturated rings. The first kappa shape index (κ1) is 11.2. The lowest BCUT2D eigenvalue weighted by atomic mass is 10.1. The first-order valence-corrected chi connectivity index (χ1v) is 5.07. The molecule has 2 rings (SSSR count). The molecule has 1 aliphatic heterocycles. The van der Waals surface area contributed by atoms with E-state index in [1.807, 2.05) is 12.1 Å². The van der Waals surface area contributed by atoms with Gasteiger partial charge in [0, 0.05) is 12.7 Å². The molecule has 0 aromatic heterocycles. The summed E-state index contributed by atoms with van der Waals surface area (Å²) < 4.78 is 16.2. The number of ether oxygens (including phenoxy) is 3. The first-order chi connectivity index (χ1) is 7.86. The molecule has 1 aromatic rings. The molecule has 5 nitrogen and oxygen atoms in total. The van der Waals surface area contributed by atoms with E-state index >= 15 is 0 Å². The highest BCUT2D eigenvalue weighted by atomic mass is 16.6. The van der Waals surface area contributed by atoms with Crippen LogP contribution in [-0.2, 0) is 22.8 Å². The standard InChI is InChI=1S/C11H15NO4/c1-13-6-8-2-3-10-11(9(8)7-16-12)15-5-4-14-10/h2-3H,4-7,12H2,1H3. The molecule has 0 bridgehead atoms. The van der Waals surface area contributed by atoms with Crippen LogP contribution in [0.25, 0.3) is 0 Å². The quantitative estimate of drug-likeness (QED) is 0.774. The van der Waals surface area contributed by atoms with Gasteiger partial charge >= 0.3 is 0 Å². The second-order valence-corrected chi connectivity index (χ2v) is 3.47. The molecular formula is C11H15NO4. The summed E-state index contributed by atoms with van der Waals surface area (Å²) in [4.78, 5) is 4.69. The monoisotopic (exact) mass is 225 g/mol. The zero-order valence-electron chi connectivity index (χ0n) is 9.19. The molecule has 0 saturated carbocycles. The van der Waals surface area contributed by atoms with E-state index in [2.05, 4.69) is 4.84 Å². The summed E-state index contributed by atoms with van der Waals surface area (Å²) in [5, 5.41) is 0. The van der Waals surface area contributed by atoms with Crippen molar-refractivity contribution in [2.24, 2.45) is 5.90 Å². The summed E-state index contributed by atoms with van der Waals surface area (Å²) in [7, 11) is 1.64. The normalized spacial score (nSPS) is 13.9. The third kappa shape index (κ3) is 2.11. The van der Waals surface area contributed by atoms with Crippen molar-refractivity contribution in [1.82, 2.24) is 0 Å². The molecule has 0 unspecified atom stereocenters. The Morgan fingerprint density at radius 3 is 2.81 bits per heavy atom. The van der Waals surface area contributed by atoms with Gasteiger partial charge in [0.1, 0.15) is 13.2 Å². The average molecular weight is 225 g/mol. The summed E-state index contributed by atoms with van der Waals surface area (Å²) in [5.74, 6) is 6.57. The Balaban J connectivity index is 2.39. The molecule has 16 heavy (non-hydrogen) atoms. The highest BCUT2D eigenvalue weighted by Crippen LogP contribution is 2.36. The fourth-order valence-electron chi connectivity index (χ4n) is 1.75. The van der Waals surface area contributed by atoms with E-state index in [1.165, 1.54) is 0 Å². The largest absolute Gasteiger partial charge is 0.486 e. The smallest absolute Gasteiger partial charge is 0.167 e. The molecule has 0 saturated heterocycles. The predicted octanol–water partition coefficient (Wildman–Crippen LogP) is 0.995. The predicted molar refractivity (Wildman–Crippen MR) is 57.1 cm³/mol. The molecule has 1 heterocycles. The average Bonchev–Trinajstić information content (AvgIpc) is 2.32. The van der Waals surface area contributed by atoms with Gasteiger partial charge in [-0.1, -0.05) is 6.07 Å². The molecule has 1 aromatic carbocycles. The number of fused-ring (bicyclic) bond motifs is 1. The van der Waals surface area contributed by atoms with Crippen LogP contribution in [-0.4, -0.2) is 20.3 Å². The third-order valence-electron chi connectivity index (χ3n) is 2.44. The van der Waals surface area contributed by atoms with Crippen LogP contribution in [0.1, 0.15) is 11.1 Å². The SMILES string of the molecule is COCc1ccc2c(c1CON)OCCO2. The minimum atomic E-state index is 0.283. The lowest BCUT2D eigenvalue weighted by molar-refractivity contribution is 0.111. The van der Waals surface area contributed by atoms with Crippen LogP contribution >= 0.6 is 0 Å². The molecule has 0 amide bonds. The molecule has 2 N–H and O–H groups in total. The zero-order chi connectivity index (χ0) is 11.4. The second kappa shape index (κ2) is 5.16. The van der Waals surface area contributed by atoms with E-state index in [1.54, 1.807) is 7.11 Å². The van der Waals surface area contributed by atoms with Crippen molar-refractivity contribution in [3.63, 3.8) is 0 Å². The van der Waals surface area contributed by atoms with E-state index in [0.717, 1.165) is 16.9 Å². The second-order valence-electron chi connectivity index (χ2n) is 3.47. The van der Waals surface area contributed by atoms with Crippen molar-refractivity contribution >= 4 is 0 Å². The molecule has 0 atom stereocenters. The van der Waals surface area contributed by atoms with Gasteiger partial charge in [-0.2, -0.15) is 0 Å². The highest BCUT2D eigenvalue weighted by molar-refractivity contribution is 5.51. The van der Waals surface area contributed by atoms with Crippen LogP contribution in [0.15, 0.2) is 12.1 Å². The summed E-state index contributed by atoms with van der Waals surface area (Å²) in [6.45, 7) is 1.89. The van der Waals surface area contributed by atoms with Gasteiger partial charge in [-0.25, -0.2) is 5.90 Å². The Bertz CT molecular complexity index is 367. The van der Waals surface area contributed by atoms with Gasteiger partial charge in [-0.3, -0.25) is 4.84 Å². The van der Waals surface area contributed by atoms with Crippen molar-refractivity contribution in [1.29, 1.82) is 0 Å². The first-order valence-electron chi connectivity index (χ1n) is 5.07. The lowest BCUT2D eigenvalue weighted by Gasteiger charge is -2.22. The van der Waals surface area contributed by atoms with Gasteiger partial charge < -0.3 is 14.2 Å². The van der Waals surface area contributed by atoms with Gasteiger partial charge in [-0.05, 0) is 11.6 Å². The van der Waals surface area contributed by atoms with Crippen molar-refractivity contribution < 1.29 is 19.0 Å². The maximum Gasteiger partial charge on any atom is 0.167 e. The van der Waals surface area contributed by atoms with Crippen molar-refractivity contribution in [2.75, 3.05) is 20.3 Å². The minimum absolute atomic E-state index is 0.283. The van der Waals surface area contributed by atoms with Crippen LogP contribution in [0.3, 0.4) is 0 Å². The Labute approximate surface area is 94.0 Å². The molecule has 88 valence electrons. The maximum absolute atomic E-state index is 5.58. The van der Waals surface area contributed by atoms with E-state index < -0.39 is 0 Å². The highest BCUT2D eigenvalue weighted by Gasteiger charge is 2.19. The van der Waals surface area contributed by atoms with Crippen molar-refractivity contribution in [3.05, 3.63) is 23.3 Å². The number of hydrogen-bond donors (Lipinski definition) is 1.